The summed E-state index contributed by atoms with van der Waals surface area (Å²) < 4.78 is 13.2. The number of rotatable bonds is 7. The molecular formula is C30H32N6O4. The highest BCUT2D eigenvalue weighted by Crippen LogP contribution is 2.35. The van der Waals surface area contributed by atoms with Crippen LogP contribution in [0, 0.1) is 0 Å². The van der Waals surface area contributed by atoms with Gasteiger partial charge < -0.3 is 19.7 Å². The maximum atomic E-state index is 12.3. The predicted octanol–water partition coefficient (Wildman–Crippen LogP) is 3.21. The van der Waals surface area contributed by atoms with E-state index in [4.69, 9.17) is 9.47 Å². The minimum Gasteiger partial charge on any atom is -0.485 e. The first-order valence-electron chi connectivity index (χ1n) is 13.6. The number of pyridine rings is 1. The highest BCUT2D eigenvalue weighted by molar-refractivity contribution is 5.98. The summed E-state index contributed by atoms with van der Waals surface area (Å²) in [7, 11) is 1.61. The number of carbonyl (C=O) groups excluding carboxylic acids is 2. The number of ether oxygens (including phenoxy) is 2. The van der Waals surface area contributed by atoms with Crippen molar-refractivity contribution in [3.05, 3.63) is 77.5 Å². The highest BCUT2D eigenvalue weighted by Gasteiger charge is 2.27. The molecule has 1 saturated heterocycles. The SMILES string of the molecule is CCOC(=O)c1ncn2c1COc1c(CCN3CCN(c4cccc5nc(C(=O)NC)ccc45)CC3)cccc1-2. The smallest absolute Gasteiger partial charge is 0.358 e. The number of amides is 1. The van der Waals surface area contributed by atoms with E-state index in [1.165, 1.54) is 0 Å². The number of imidazole rings is 1. The molecule has 0 aliphatic carbocycles. The van der Waals surface area contributed by atoms with Gasteiger partial charge in [-0.05, 0) is 49.2 Å². The zero-order valence-corrected chi connectivity index (χ0v) is 22.7. The van der Waals surface area contributed by atoms with Gasteiger partial charge in [-0.1, -0.05) is 18.2 Å². The molecule has 0 radical (unpaired) electrons. The van der Waals surface area contributed by atoms with Crippen LogP contribution >= 0.6 is 0 Å². The van der Waals surface area contributed by atoms with Gasteiger partial charge in [-0.2, -0.15) is 0 Å². The number of fused-ring (bicyclic) bond motifs is 4. The average Bonchev–Trinajstić information content (AvgIpc) is 3.44. The fourth-order valence-corrected chi connectivity index (χ4v) is 5.51. The predicted molar refractivity (Wildman–Crippen MR) is 151 cm³/mol. The molecule has 10 nitrogen and oxygen atoms in total. The van der Waals surface area contributed by atoms with E-state index in [-0.39, 0.29) is 12.5 Å². The summed E-state index contributed by atoms with van der Waals surface area (Å²) in [4.78, 5) is 38.0. The van der Waals surface area contributed by atoms with Crippen LogP contribution in [0.2, 0.25) is 0 Å². The number of carbonyl (C=O) groups is 2. The number of nitrogens with one attached hydrogen (secondary N) is 1. The van der Waals surface area contributed by atoms with Crippen molar-refractivity contribution in [3.8, 4) is 11.4 Å². The van der Waals surface area contributed by atoms with Crippen LogP contribution in [0.1, 0.15) is 39.2 Å². The van der Waals surface area contributed by atoms with Crippen LogP contribution in [0.3, 0.4) is 0 Å². The van der Waals surface area contributed by atoms with E-state index >= 15 is 0 Å². The maximum Gasteiger partial charge on any atom is 0.358 e. The van der Waals surface area contributed by atoms with Crippen LogP contribution in [-0.2, 0) is 17.8 Å². The quantitative estimate of drug-likeness (QED) is 0.357. The summed E-state index contributed by atoms with van der Waals surface area (Å²) >= 11 is 0. The van der Waals surface area contributed by atoms with Crippen molar-refractivity contribution in [1.82, 2.24) is 24.8 Å². The normalized spacial score (nSPS) is 14.8. The lowest BCUT2D eigenvalue weighted by Gasteiger charge is -2.36. The van der Waals surface area contributed by atoms with E-state index in [9.17, 15) is 9.59 Å². The van der Waals surface area contributed by atoms with E-state index in [2.05, 4.69) is 37.2 Å². The first-order chi connectivity index (χ1) is 19.6. The van der Waals surface area contributed by atoms with Gasteiger partial charge in [0.25, 0.3) is 5.91 Å². The molecule has 0 saturated carbocycles. The van der Waals surface area contributed by atoms with Gasteiger partial charge in [0.2, 0.25) is 0 Å². The monoisotopic (exact) mass is 540 g/mol. The third-order valence-electron chi connectivity index (χ3n) is 7.60. The van der Waals surface area contributed by atoms with Gasteiger partial charge in [0.1, 0.15) is 24.4 Å². The Bertz CT molecular complexity index is 1570. The van der Waals surface area contributed by atoms with Gasteiger partial charge in [0.15, 0.2) is 5.69 Å². The summed E-state index contributed by atoms with van der Waals surface area (Å²) in [6.07, 6.45) is 2.53. The first kappa shape index (κ1) is 25.8. The number of esters is 1. The number of nitrogens with zero attached hydrogens (tertiary/aromatic N) is 5. The number of piperazine rings is 1. The molecule has 2 aromatic heterocycles. The van der Waals surface area contributed by atoms with Crippen LogP contribution < -0.4 is 15.0 Å². The molecule has 2 aliphatic heterocycles. The van der Waals surface area contributed by atoms with Crippen LogP contribution in [0.5, 0.6) is 5.75 Å². The van der Waals surface area contributed by atoms with Crippen LogP contribution in [0.25, 0.3) is 16.6 Å². The summed E-state index contributed by atoms with van der Waals surface area (Å²) in [5, 5.41) is 3.69. The summed E-state index contributed by atoms with van der Waals surface area (Å²) in [5.74, 6) is 0.241. The molecule has 0 unspecified atom stereocenters. The van der Waals surface area contributed by atoms with E-state index < -0.39 is 5.97 Å². The van der Waals surface area contributed by atoms with Crippen molar-refractivity contribution in [2.24, 2.45) is 0 Å². The van der Waals surface area contributed by atoms with Gasteiger partial charge in [0.05, 0.1) is 23.5 Å². The third kappa shape index (κ3) is 4.75. The topological polar surface area (TPSA) is 102 Å². The van der Waals surface area contributed by atoms with Gasteiger partial charge in [-0.3, -0.25) is 14.3 Å². The fraction of sp³-hybridized carbons (Fsp3) is 0.333. The number of benzene rings is 2. The van der Waals surface area contributed by atoms with Gasteiger partial charge in [-0.25, -0.2) is 14.8 Å². The zero-order valence-electron chi connectivity index (χ0n) is 22.7. The third-order valence-corrected chi connectivity index (χ3v) is 7.60. The number of anilines is 1. The van der Waals surface area contributed by atoms with Gasteiger partial charge >= 0.3 is 5.97 Å². The standard InChI is InChI=1S/C30H32N6O4/c1-3-39-30(38)27-26-18-40-28-20(6-4-9-25(28)36(26)19-32-27)12-13-34-14-16-35(17-15-34)24-8-5-7-22-21(24)10-11-23(33-22)29(37)31-2/h4-11,19H,3,12-18H2,1-2H3,(H,31,37). The second kappa shape index (κ2) is 11.0. The lowest BCUT2D eigenvalue weighted by Crippen LogP contribution is -2.47. The van der Waals surface area contributed by atoms with Crippen molar-refractivity contribution in [3.63, 3.8) is 0 Å². The lowest BCUT2D eigenvalue weighted by atomic mass is 10.1. The van der Waals surface area contributed by atoms with E-state index in [0.29, 0.717) is 23.7 Å². The zero-order chi connectivity index (χ0) is 27.6. The molecule has 2 aromatic carbocycles. The van der Waals surface area contributed by atoms with Crippen LogP contribution in [-0.4, -0.2) is 77.7 Å². The van der Waals surface area contributed by atoms with Crippen molar-refractivity contribution < 1.29 is 19.1 Å². The van der Waals surface area contributed by atoms with E-state index in [1.807, 2.05) is 34.9 Å². The molecule has 10 heteroatoms. The van der Waals surface area contributed by atoms with Gasteiger partial charge in [-0.15, -0.1) is 0 Å². The van der Waals surface area contributed by atoms with Crippen LogP contribution in [0.15, 0.2) is 54.9 Å². The molecule has 0 bridgehead atoms. The summed E-state index contributed by atoms with van der Waals surface area (Å²) in [5.41, 5.74) is 5.46. The average molecular weight is 541 g/mol. The van der Waals surface area contributed by atoms with Crippen molar-refractivity contribution in [2.75, 3.05) is 51.3 Å². The molecule has 1 amide bonds. The van der Waals surface area contributed by atoms with Crippen LogP contribution in [0.4, 0.5) is 5.69 Å². The summed E-state index contributed by atoms with van der Waals surface area (Å²) in [6.45, 7) is 7.01. The number of hydrogen-bond acceptors (Lipinski definition) is 8. The minimum atomic E-state index is -0.424. The fourth-order valence-electron chi connectivity index (χ4n) is 5.51. The van der Waals surface area contributed by atoms with E-state index in [1.54, 1.807) is 26.4 Å². The molecular weight excluding hydrogens is 508 g/mol. The molecule has 40 heavy (non-hydrogen) atoms. The molecule has 2 aliphatic rings. The Hall–Kier alpha value is -4.44. The Kier molecular flexibility index (Phi) is 7.08. The molecule has 6 rings (SSSR count). The molecule has 206 valence electrons. The lowest BCUT2D eigenvalue weighted by molar-refractivity contribution is 0.0516. The molecule has 1 N–H and O–H groups in total. The number of aromatic nitrogens is 3. The molecule has 0 atom stereocenters. The molecule has 4 aromatic rings. The van der Waals surface area contributed by atoms with Gasteiger partial charge in [0, 0.05) is 50.8 Å². The second-order valence-electron chi connectivity index (χ2n) is 9.88. The van der Waals surface area contributed by atoms with Crippen molar-refractivity contribution in [2.45, 2.75) is 20.0 Å². The molecule has 0 spiro atoms. The Morgan fingerprint density at radius 3 is 2.62 bits per heavy atom. The Balaban J connectivity index is 1.11. The largest absolute Gasteiger partial charge is 0.485 e. The second-order valence-corrected chi connectivity index (χ2v) is 9.88. The maximum absolute atomic E-state index is 12.3. The Labute approximate surface area is 232 Å². The molecule has 1 fully saturated rings. The summed E-state index contributed by atoms with van der Waals surface area (Å²) in [6, 6.07) is 16.0. The van der Waals surface area contributed by atoms with Crippen molar-refractivity contribution in [1.29, 1.82) is 0 Å². The van der Waals surface area contributed by atoms with E-state index in [0.717, 1.165) is 72.7 Å². The Morgan fingerprint density at radius 1 is 1.02 bits per heavy atom. The number of hydrogen-bond donors (Lipinski definition) is 1. The molecule has 4 heterocycles. The first-order valence-corrected chi connectivity index (χ1v) is 13.6. The number of para-hydroxylation sites is 1. The van der Waals surface area contributed by atoms with Crippen molar-refractivity contribution >= 4 is 28.5 Å². The Morgan fingerprint density at radius 2 is 1.82 bits per heavy atom. The highest BCUT2D eigenvalue weighted by atomic mass is 16.5. The minimum absolute atomic E-state index is 0.183.